The van der Waals surface area contributed by atoms with E-state index >= 15 is 0 Å². The third-order valence-corrected chi connectivity index (χ3v) is 8.55. The highest BCUT2D eigenvalue weighted by molar-refractivity contribution is 7.92. The summed E-state index contributed by atoms with van der Waals surface area (Å²) in [4.78, 5) is 28.5. The van der Waals surface area contributed by atoms with Gasteiger partial charge in [0.2, 0.25) is 11.8 Å². The van der Waals surface area contributed by atoms with Gasteiger partial charge in [-0.15, -0.1) is 0 Å². The minimum absolute atomic E-state index is 0.0191. The van der Waals surface area contributed by atoms with Crippen LogP contribution in [0.25, 0.3) is 0 Å². The molecule has 0 bridgehead atoms. The number of rotatable bonds is 10. The predicted octanol–water partition coefficient (Wildman–Crippen LogP) is 5.53. The molecule has 0 aliphatic carbocycles. The molecule has 2 amide bonds. The number of amides is 2. The molecule has 8 nitrogen and oxygen atoms in total. The Morgan fingerprint density at radius 2 is 1.62 bits per heavy atom. The van der Waals surface area contributed by atoms with Gasteiger partial charge in [-0.3, -0.25) is 13.9 Å². The Kier molecular flexibility index (Phi) is 10.1. The molecule has 0 heterocycles. The summed E-state index contributed by atoms with van der Waals surface area (Å²) in [5.41, 5.74) is 0.188. The molecule has 3 rings (SSSR count). The lowest BCUT2D eigenvalue weighted by atomic mass is 10.1. The van der Waals surface area contributed by atoms with E-state index in [1.54, 1.807) is 55.5 Å². The molecule has 0 radical (unpaired) electrons. The fraction of sp³-hybridized carbons (Fsp3) is 0.310. The number of carbonyl (C=O) groups is 2. The zero-order chi connectivity index (χ0) is 29.7. The van der Waals surface area contributed by atoms with Gasteiger partial charge < -0.3 is 15.0 Å². The number of nitrogens with one attached hydrogen (secondary N) is 1. The Hall–Kier alpha value is -3.27. The first-order chi connectivity index (χ1) is 18.7. The Morgan fingerprint density at radius 1 is 0.975 bits per heavy atom. The summed E-state index contributed by atoms with van der Waals surface area (Å²) in [7, 11) is -2.73. The second-order valence-electron chi connectivity index (χ2n) is 10.2. The smallest absolute Gasteiger partial charge is 0.264 e. The third-order valence-electron chi connectivity index (χ3n) is 5.96. The van der Waals surface area contributed by atoms with E-state index in [0.29, 0.717) is 11.3 Å². The molecule has 214 valence electrons. The van der Waals surface area contributed by atoms with Crippen molar-refractivity contribution in [1.29, 1.82) is 0 Å². The van der Waals surface area contributed by atoms with Gasteiger partial charge in [0, 0.05) is 12.1 Å². The van der Waals surface area contributed by atoms with Crippen LogP contribution in [0.4, 0.5) is 5.69 Å². The van der Waals surface area contributed by atoms with Gasteiger partial charge in [-0.25, -0.2) is 8.42 Å². The molecule has 40 heavy (non-hydrogen) atoms. The third kappa shape index (κ3) is 7.68. The maximum atomic E-state index is 14.0. The Morgan fingerprint density at radius 3 is 2.25 bits per heavy atom. The highest BCUT2D eigenvalue weighted by Gasteiger charge is 2.34. The summed E-state index contributed by atoms with van der Waals surface area (Å²) in [6.45, 7) is 6.50. The van der Waals surface area contributed by atoms with Crippen molar-refractivity contribution in [2.75, 3.05) is 18.0 Å². The van der Waals surface area contributed by atoms with Crippen molar-refractivity contribution in [3.05, 3.63) is 88.4 Å². The van der Waals surface area contributed by atoms with Gasteiger partial charge in [0.25, 0.3) is 10.0 Å². The van der Waals surface area contributed by atoms with Crippen LogP contribution >= 0.6 is 23.2 Å². The van der Waals surface area contributed by atoms with Crippen molar-refractivity contribution in [1.82, 2.24) is 10.2 Å². The molecule has 3 aromatic carbocycles. The second kappa shape index (κ2) is 12.9. The zero-order valence-corrected chi connectivity index (χ0v) is 25.3. The molecule has 0 spiro atoms. The highest BCUT2D eigenvalue weighted by Crippen LogP contribution is 2.35. The lowest BCUT2D eigenvalue weighted by molar-refractivity contribution is -0.140. The van der Waals surface area contributed by atoms with Crippen LogP contribution in [-0.4, -0.2) is 50.4 Å². The average Bonchev–Trinajstić information content (AvgIpc) is 2.91. The second-order valence-corrected chi connectivity index (χ2v) is 12.8. The summed E-state index contributed by atoms with van der Waals surface area (Å²) in [6.07, 6.45) is 0. The normalized spacial score (nSPS) is 12.4. The first-order valence-corrected chi connectivity index (χ1v) is 14.7. The number of hydrogen-bond acceptors (Lipinski definition) is 5. The molecular formula is C29H33Cl2N3O5S. The van der Waals surface area contributed by atoms with Gasteiger partial charge >= 0.3 is 0 Å². The number of carbonyl (C=O) groups excluding carboxylic acids is 2. The van der Waals surface area contributed by atoms with Crippen LogP contribution in [0.2, 0.25) is 10.0 Å². The van der Waals surface area contributed by atoms with Gasteiger partial charge in [0.15, 0.2) is 0 Å². The average molecular weight is 607 g/mol. The van der Waals surface area contributed by atoms with Crippen molar-refractivity contribution in [3.63, 3.8) is 0 Å². The number of sulfonamides is 1. The summed E-state index contributed by atoms with van der Waals surface area (Å²) < 4.78 is 33.9. The zero-order valence-electron chi connectivity index (χ0n) is 23.0. The van der Waals surface area contributed by atoms with E-state index < -0.39 is 34.1 Å². The topological polar surface area (TPSA) is 96.0 Å². The summed E-state index contributed by atoms with van der Waals surface area (Å²) in [5, 5.41) is 3.00. The highest BCUT2D eigenvalue weighted by atomic mass is 35.5. The Bertz CT molecular complexity index is 1460. The number of halogens is 2. The van der Waals surface area contributed by atoms with E-state index in [9.17, 15) is 18.0 Å². The van der Waals surface area contributed by atoms with Crippen LogP contribution in [0.15, 0.2) is 77.7 Å². The summed E-state index contributed by atoms with van der Waals surface area (Å²) in [5.74, 6) is -0.424. The summed E-state index contributed by atoms with van der Waals surface area (Å²) in [6, 6.07) is 18.4. The van der Waals surface area contributed by atoms with Crippen molar-refractivity contribution >= 4 is 50.7 Å². The molecule has 0 aliphatic rings. The molecule has 1 unspecified atom stereocenters. The van der Waals surface area contributed by atoms with Gasteiger partial charge in [-0.05, 0) is 69.7 Å². The van der Waals surface area contributed by atoms with Crippen molar-refractivity contribution in [2.24, 2.45) is 0 Å². The van der Waals surface area contributed by atoms with Crippen LogP contribution < -0.4 is 14.4 Å². The minimum Gasteiger partial charge on any atom is -0.497 e. The standard InChI is InChI=1S/C29H33Cl2N3O5S/c1-20(28(36)32-29(2,3)4)33(18-21-11-9-12-22(17-21)39-5)26(35)19-34(25-16-10-15-24(30)27(25)31)40(37,38)23-13-7-6-8-14-23/h6-17,20H,18-19H2,1-5H3,(H,32,36). The van der Waals surface area contributed by atoms with Crippen LogP contribution in [0.3, 0.4) is 0 Å². The van der Waals surface area contributed by atoms with Gasteiger partial charge in [0.05, 0.1) is 27.7 Å². The van der Waals surface area contributed by atoms with E-state index in [1.165, 1.54) is 36.3 Å². The van der Waals surface area contributed by atoms with Crippen LogP contribution in [0, 0.1) is 0 Å². The minimum atomic E-state index is -4.26. The van der Waals surface area contributed by atoms with Gasteiger partial charge in [-0.1, -0.05) is 59.6 Å². The van der Waals surface area contributed by atoms with Gasteiger partial charge in [0.1, 0.15) is 18.3 Å². The van der Waals surface area contributed by atoms with Crippen molar-refractivity contribution in [3.8, 4) is 5.75 Å². The molecule has 0 saturated heterocycles. The molecule has 11 heteroatoms. The van der Waals surface area contributed by atoms with E-state index in [2.05, 4.69) is 5.32 Å². The van der Waals surface area contributed by atoms with Gasteiger partial charge in [-0.2, -0.15) is 0 Å². The number of nitrogens with zero attached hydrogens (tertiary/aromatic N) is 2. The fourth-order valence-corrected chi connectivity index (χ4v) is 5.84. The molecule has 0 saturated carbocycles. The monoisotopic (exact) mass is 605 g/mol. The lowest BCUT2D eigenvalue weighted by Crippen LogP contribution is -2.54. The molecule has 3 aromatic rings. The first kappa shape index (κ1) is 31.3. The van der Waals surface area contributed by atoms with Crippen LogP contribution in [0.1, 0.15) is 33.3 Å². The number of ether oxygens (including phenoxy) is 1. The maximum Gasteiger partial charge on any atom is 0.264 e. The van der Waals surface area contributed by atoms with Crippen LogP contribution in [0.5, 0.6) is 5.75 Å². The number of hydrogen-bond donors (Lipinski definition) is 1. The van der Waals surface area contributed by atoms with E-state index in [-0.39, 0.29) is 33.1 Å². The fourth-order valence-electron chi connectivity index (χ4n) is 3.94. The number of methoxy groups -OCH3 is 1. The quantitative estimate of drug-likeness (QED) is 0.328. The van der Waals surface area contributed by atoms with Crippen molar-refractivity contribution in [2.45, 2.75) is 50.7 Å². The molecule has 0 fully saturated rings. The maximum absolute atomic E-state index is 14.0. The largest absolute Gasteiger partial charge is 0.497 e. The van der Waals surface area contributed by atoms with E-state index in [0.717, 1.165) is 4.31 Å². The molecule has 1 N–H and O–H groups in total. The SMILES string of the molecule is COc1cccc(CN(C(=O)CN(c2cccc(Cl)c2Cl)S(=O)(=O)c2ccccc2)C(C)C(=O)NC(C)(C)C)c1. The van der Waals surface area contributed by atoms with E-state index in [4.69, 9.17) is 27.9 Å². The van der Waals surface area contributed by atoms with Crippen LogP contribution in [-0.2, 0) is 26.2 Å². The molecular weight excluding hydrogens is 573 g/mol. The molecule has 0 aromatic heterocycles. The molecule has 1 atom stereocenters. The molecule has 0 aliphatic heterocycles. The predicted molar refractivity (Wildman–Crippen MR) is 158 cm³/mol. The summed E-state index contributed by atoms with van der Waals surface area (Å²) >= 11 is 12.7. The Labute approximate surface area is 245 Å². The van der Waals surface area contributed by atoms with Crippen molar-refractivity contribution < 1.29 is 22.7 Å². The first-order valence-electron chi connectivity index (χ1n) is 12.5. The van der Waals surface area contributed by atoms with E-state index in [1.807, 2.05) is 20.8 Å². The lowest BCUT2D eigenvalue weighted by Gasteiger charge is -2.33. The number of anilines is 1. The Balaban J connectivity index is 2.08. The number of benzene rings is 3.